The lowest BCUT2D eigenvalue weighted by atomic mass is 10.2. The lowest BCUT2D eigenvalue weighted by Gasteiger charge is -2.06. The number of aliphatic hydroxyl groups is 1. The zero-order chi connectivity index (χ0) is 8.27. The van der Waals surface area contributed by atoms with E-state index in [4.69, 9.17) is 11.6 Å². The van der Waals surface area contributed by atoms with E-state index in [2.05, 4.69) is 0 Å². The molecule has 1 atom stereocenters. The Kier molecular flexibility index (Phi) is 3.37. The van der Waals surface area contributed by atoms with Gasteiger partial charge in [-0.15, -0.1) is 11.3 Å². The van der Waals surface area contributed by atoms with E-state index >= 15 is 0 Å². The fourth-order valence-electron chi connectivity index (χ4n) is 0.948. The maximum atomic E-state index is 9.52. The van der Waals surface area contributed by atoms with Crippen molar-refractivity contribution >= 4 is 22.9 Å². The van der Waals surface area contributed by atoms with Crippen LogP contribution in [0.2, 0.25) is 5.02 Å². The van der Waals surface area contributed by atoms with E-state index in [-0.39, 0.29) is 6.10 Å². The summed E-state index contributed by atoms with van der Waals surface area (Å²) in [5.41, 5.74) is 0. The molecule has 1 nitrogen and oxygen atoms in total. The Hall–Kier alpha value is -0.0500. The van der Waals surface area contributed by atoms with Crippen LogP contribution in [0.5, 0.6) is 0 Å². The van der Waals surface area contributed by atoms with E-state index in [1.165, 1.54) is 11.3 Å². The summed E-state index contributed by atoms with van der Waals surface area (Å²) in [5.74, 6) is 0. The average Bonchev–Trinajstić information content (AvgIpc) is 2.36. The van der Waals surface area contributed by atoms with Crippen molar-refractivity contribution in [1.82, 2.24) is 0 Å². The lowest BCUT2D eigenvalue weighted by molar-refractivity contribution is 0.170. The maximum absolute atomic E-state index is 9.52. The van der Waals surface area contributed by atoms with E-state index in [1.807, 2.05) is 18.4 Å². The molecule has 0 saturated heterocycles. The molecule has 1 aromatic heterocycles. The molecule has 11 heavy (non-hydrogen) atoms. The summed E-state index contributed by atoms with van der Waals surface area (Å²) in [6, 6.07) is 1.82. The van der Waals surface area contributed by atoms with Gasteiger partial charge in [-0.1, -0.05) is 24.9 Å². The van der Waals surface area contributed by atoms with Gasteiger partial charge in [-0.2, -0.15) is 0 Å². The third kappa shape index (κ3) is 2.19. The largest absolute Gasteiger partial charge is 0.388 e. The van der Waals surface area contributed by atoms with E-state index in [0.717, 1.165) is 17.7 Å². The average molecular weight is 191 g/mol. The second-order valence-electron chi connectivity index (χ2n) is 2.44. The SMILES string of the molecule is CCCC(O)c1sccc1Cl. The summed E-state index contributed by atoms with van der Waals surface area (Å²) >= 11 is 7.34. The van der Waals surface area contributed by atoms with Gasteiger partial charge in [0.1, 0.15) is 0 Å². The number of halogens is 1. The number of hydrogen-bond donors (Lipinski definition) is 1. The highest BCUT2D eigenvalue weighted by molar-refractivity contribution is 7.10. The van der Waals surface area contributed by atoms with Crippen LogP contribution in [0.4, 0.5) is 0 Å². The van der Waals surface area contributed by atoms with Crippen LogP contribution in [0.3, 0.4) is 0 Å². The van der Waals surface area contributed by atoms with E-state index in [0.29, 0.717) is 5.02 Å². The summed E-state index contributed by atoms with van der Waals surface area (Å²) in [4.78, 5) is 0.897. The van der Waals surface area contributed by atoms with Crippen molar-refractivity contribution in [3.8, 4) is 0 Å². The van der Waals surface area contributed by atoms with Gasteiger partial charge in [0.25, 0.3) is 0 Å². The van der Waals surface area contributed by atoms with Crippen molar-refractivity contribution in [1.29, 1.82) is 0 Å². The smallest absolute Gasteiger partial charge is 0.0896 e. The molecule has 0 aromatic carbocycles. The van der Waals surface area contributed by atoms with Crippen molar-refractivity contribution < 1.29 is 5.11 Å². The quantitative estimate of drug-likeness (QED) is 0.776. The molecule has 1 aromatic rings. The van der Waals surface area contributed by atoms with Crippen molar-refractivity contribution in [3.05, 3.63) is 21.3 Å². The minimum atomic E-state index is -0.368. The molecule has 0 spiro atoms. The molecule has 0 fully saturated rings. The van der Waals surface area contributed by atoms with Crippen molar-refractivity contribution in [3.63, 3.8) is 0 Å². The molecule has 3 heteroatoms. The molecule has 1 rings (SSSR count). The molecule has 0 saturated carbocycles. The second-order valence-corrected chi connectivity index (χ2v) is 3.79. The zero-order valence-corrected chi connectivity index (χ0v) is 7.95. The van der Waals surface area contributed by atoms with Gasteiger partial charge in [-0.05, 0) is 17.9 Å². The van der Waals surface area contributed by atoms with Crippen LogP contribution in [-0.4, -0.2) is 5.11 Å². The molecule has 1 unspecified atom stereocenters. The van der Waals surface area contributed by atoms with E-state index in [1.54, 1.807) is 0 Å². The molecule has 1 N–H and O–H groups in total. The summed E-state index contributed by atoms with van der Waals surface area (Å²) in [7, 11) is 0. The minimum Gasteiger partial charge on any atom is -0.388 e. The van der Waals surface area contributed by atoms with Gasteiger partial charge in [0.05, 0.1) is 16.0 Å². The third-order valence-electron chi connectivity index (χ3n) is 1.51. The lowest BCUT2D eigenvalue weighted by Crippen LogP contribution is -1.93. The first kappa shape index (κ1) is 9.04. The summed E-state index contributed by atoms with van der Waals surface area (Å²) in [5, 5.41) is 12.1. The van der Waals surface area contributed by atoms with Gasteiger partial charge in [-0.25, -0.2) is 0 Å². The Labute approximate surface area is 75.6 Å². The number of rotatable bonds is 3. The number of hydrogen-bond acceptors (Lipinski definition) is 2. The maximum Gasteiger partial charge on any atom is 0.0896 e. The van der Waals surface area contributed by atoms with Crippen molar-refractivity contribution in [2.75, 3.05) is 0 Å². The molecule has 0 aliphatic rings. The van der Waals surface area contributed by atoms with Gasteiger partial charge >= 0.3 is 0 Å². The third-order valence-corrected chi connectivity index (χ3v) is 2.97. The molecule has 0 radical (unpaired) electrons. The Balaban J connectivity index is 2.67. The summed E-state index contributed by atoms with van der Waals surface area (Å²) in [6.45, 7) is 2.05. The fraction of sp³-hybridized carbons (Fsp3) is 0.500. The Morgan fingerprint density at radius 1 is 1.73 bits per heavy atom. The Bertz CT molecular complexity index is 222. The van der Waals surface area contributed by atoms with Gasteiger partial charge in [0, 0.05) is 0 Å². The Morgan fingerprint density at radius 2 is 2.45 bits per heavy atom. The van der Waals surface area contributed by atoms with Crippen LogP contribution >= 0.6 is 22.9 Å². The predicted molar refractivity (Wildman–Crippen MR) is 49.2 cm³/mol. The van der Waals surface area contributed by atoms with E-state index < -0.39 is 0 Å². The van der Waals surface area contributed by atoms with Crippen LogP contribution in [0.15, 0.2) is 11.4 Å². The number of thiophene rings is 1. The van der Waals surface area contributed by atoms with Crippen LogP contribution < -0.4 is 0 Å². The predicted octanol–water partition coefficient (Wildman–Crippen LogP) is 3.24. The van der Waals surface area contributed by atoms with Gasteiger partial charge in [-0.3, -0.25) is 0 Å². The molecule has 1 heterocycles. The van der Waals surface area contributed by atoms with Crippen LogP contribution in [0.1, 0.15) is 30.7 Å². The topological polar surface area (TPSA) is 20.2 Å². The molecular weight excluding hydrogens is 180 g/mol. The molecule has 0 amide bonds. The first-order valence-corrected chi connectivity index (χ1v) is 4.92. The van der Waals surface area contributed by atoms with Crippen LogP contribution in [0, 0.1) is 0 Å². The van der Waals surface area contributed by atoms with E-state index in [9.17, 15) is 5.11 Å². The second kappa shape index (κ2) is 4.10. The van der Waals surface area contributed by atoms with Gasteiger partial charge in [0.15, 0.2) is 0 Å². The summed E-state index contributed by atoms with van der Waals surface area (Å²) in [6.07, 6.45) is 1.41. The standard InChI is InChI=1S/C8H11ClOS/c1-2-3-7(10)8-6(9)4-5-11-8/h4-5,7,10H,2-3H2,1H3. The van der Waals surface area contributed by atoms with Gasteiger partial charge < -0.3 is 5.11 Å². The highest BCUT2D eigenvalue weighted by atomic mass is 35.5. The van der Waals surface area contributed by atoms with Crippen molar-refractivity contribution in [2.24, 2.45) is 0 Å². The summed E-state index contributed by atoms with van der Waals surface area (Å²) < 4.78 is 0. The van der Waals surface area contributed by atoms with Gasteiger partial charge in [0.2, 0.25) is 0 Å². The first-order chi connectivity index (χ1) is 5.25. The molecule has 0 bridgehead atoms. The molecule has 0 aliphatic carbocycles. The molecule has 0 aliphatic heterocycles. The van der Waals surface area contributed by atoms with Crippen LogP contribution in [-0.2, 0) is 0 Å². The van der Waals surface area contributed by atoms with Crippen LogP contribution in [0.25, 0.3) is 0 Å². The monoisotopic (exact) mass is 190 g/mol. The fourth-order valence-corrected chi connectivity index (χ4v) is 2.15. The first-order valence-electron chi connectivity index (χ1n) is 3.66. The molecular formula is C8H11ClOS. The zero-order valence-electron chi connectivity index (χ0n) is 6.38. The highest BCUT2D eigenvalue weighted by Crippen LogP contribution is 2.30. The van der Waals surface area contributed by atoms with Crippen molar-refractivity contribution in [2.45, 2.75) is 25.9 Å². The minimum absolute atomic E-state index is 0.368. The normalized spacial score (nSPS) is 13.4. The number of aliphatic hydroxyl groups excluding tert-OH is 1. The Morgan fingerprint density at radius 3 is 2.91 bits per heavy atom. The highest BCUT2D eigenvalue weighted by Gasteiger charge is 2.10. The molecule has 62 valence electrons.